The molecule has 5 nitrogen and oxygen atoms in total. The lowest BCUT2D eigenvalue weighted by Gasteiger charge is -2.18. The summed E-state index contributed by atoms with van der Waals surface area (Å²) in [5, 5.41) is 18.2. The minimum absolute atomic E-state index is 0.233. The van der Waals surface area contributed by atoms with Gasteiger partial charge < -0.3 is 10.4 Å². The van der Waals surface area contributed by atoms with Gasteiger partial charge in [-0.3, -0.25) is 9.67 Å². The fourth-order valence-corrected chi connectivity index (χ4v) is 3.28. The monoisotopic (exact) mass is 300 g/mol. The molecule has 0 bridgehead atoms. The number of aromatic nitrogens is 3. The van der Waals surface area contributed by atoms with Crippen LogP contribution >= 0.6 is 0 Å². The zero-order valence-electron chi connectivity index (χ0n) is 13.1. The summed E-state index contributed by atoms with van der Waals surface area (Å²) >= 11 is 0. The molecule has 2 heterocycles. The number of pyridine rings is 1. The first kappa shape index (κ1) is 15.2. The van der Waals surface area contributed by atoms with Gasteiger partial charge in [0.2, 0.25) is 0 Å². The van der Waals surface area contributed by atoms with Crippen molar-refractivity contribution in [2.75, 3.05) is 6.54 Å². The molecular formula is C17H24N4O. The summed E-state index contributed by atoms with van der Waals surface area (Å²) in [6, 6.07) is 3.94. The quantitative estimate of drug-likeness (QED) is 0.858. The molecule has 0 saturated heterocycles. The molecule has 1 aliphatic carbocycles. The van der Waals surface area contributed by atoms with Crippen LogP contribution in [0.25, 0.3) is 11.3 Å². The summed E-state index contributed by atoms with van der Waals surface area (Å²) in [7, 11) is 1.93. The SMILES string of the molecule is Cn1cc(CNCC(O)C2CCCC2)c(-c2ccncc2)n1. The fourth-order valence-electron chi connectivity index (χ4n) is 3.28. The van der Waals surface area contributed by atoms with Gasteiger partial charge in [-0.2, -0.15) is 5.10 Å². The van der Waals surface area contributed by atoms with Gasteiger partial charge in [0.1, 0.15) is 0 Å². The van der Waals surface area contributed by atoms with Crippen LogP contribution in [0.5, 0.6) is 0 Å². The second-order valence-electron chi connectivity index (χ2n) is 6.16. The van der Waals surface area contributed by atoms with Crippen LogP contribution in [0.2, 0.25) is 0 Å². The van der Waals surface area contributed by atoms with Gasteiger partial charge >= 0.3 is 0 Å². The average molecular weight is 300 g/mol. The van der Waals surface area contributed by atoms with Crippen molar-refractivity contribution in [2.24, 2.45) is 13.0 Å². The van der Waals surface area contributed by atoms with Crippen molar-refractivity contribution >= 4 is 0 Å². The Kier molecular flexibility index (Phi) is 4.85. The van der Waals surface area contributed by atoms with Crippen molar-refractivity contribution in [3.8, 4) is 11.3 Å². The largest absolute Gasteiger partial charge is 0.392 e. The Morgan fingerprint density at radius 2 is 2.05 bits per heavy atom. The van der Waals surface area contributed by atoms with Gasteiger partial charge in [-0.15, -0.1) is 0 Å². The summed E-state index contributed by atoms with van der Waals surface area (Å²) in [6.45, 7) is 1.37. The molecule has 0 aromatic carbocycles. The second-order valence-corrected chi connectivity index (χ2v) is 6.16. The molecule has 2 aromatic rings. The van der Waals surface area contributed by atoms with E-state index in [1.165, 1.54) is 12.8 Å². The highest BCUT2D eigenvalue weighted by Crippen LogP contribution is 2.27. The molecule has 22 heavy (non-hydrogen) atoms. The molecule has 2 N–H and O–H groups in total. The predicted molar refractivity (Wildman–Crippen MR) is 86.1 cm³/mol. The van der Waals surface area contributed by atoms with E-state index in [0.717, 1.165) is 36.2 Å². The van der Waals surface area contributed by atoms with Gasteiger partial charge in [0.05, 0.1) is 11.8 Å². The summed E-state index contributed by atoms with van der Waals surface area (Å²) in [6.07, 6.45) is 10.2. The molecule has 5 heteroatoms. The van der Waals surface area contributed by atoms with Crippen LogP contribution in [0.1, 0.15) is 31.2 Å². The summed E-state index contributed by atoms with van der Waals surface area (Å²) in [4.78, 5) is 4.05. The van der Waals surface area contributed by atoms with Gasteiger partial charge in [-0.25, -0.2) is 0 Å². The maximum Gasteiger partial charge on any atom is 0.0969 e. The lowest BCUT2D eigenvalue weighted by atomic mass is 10.0. The zero-order chi connectivity index (χ0) is 15.4. The number of rotatable bonds is 6. The van der Waals surface area contributed by atoms with Crippen LogP contribution in [0.3, 0.4) is 0 Å². The lowest BCUT2D eigenvalue weighted by Crippen LogP contribution is -2.31. The van der Waals surface area contributed by atoms with Crippen LogP contribution in [0.4, 0.5) is 0 Å². The van der Waals surface area contributed by atoms with Crippen LogP contribution in [-0.4, -0.2) is 32.5 Å². The van der Waals surface area contributed by atoms with E-state index >= 15 is 0 Å². The Morgan fingerprint density at radius 3 is 2.77 bits per heavy atom. The molecular weight excluding hydrogens is 276 g/mol. The first-order valence-electron chi connectivity index (χ1n) is 8.06. The molecule has 1 saturated carbocycles. The lowest BCUT2D eigenvalue weighted by molar-refractivity contribution is 0.109. The molecule has 0 spiro atoms. The van der Waals surface area contributed by atoms with E-state index < -0.39 is 0 Å². The molecule has 0 aliphatic heterocycles. The number of nitrogens with zero attached hydrogens (tertiary/aromatic N) is 3. The standard InChI is InChI=1S/C17H24N4O/c1-21-12-15(17(20-21)14-6-8-18-9-7-14)10-19-11-16(22)13-4-2-3-5-13/h6-9,12-13,16,19,22H,2-5,10-11H2,1H3. The summed E-state index contributed by atoms with van der Waals surface area (Å²) in [5.74, 6) is 0.473. The van der Waals surface area contributed by atoms with E-state index in [4.69, 9.17) is 0 Å². The van der Waals surface area contributed by atoms with Crippen LogP contribution in [0, 0.1) is 5.92 Å². The summed E-state index contributed by atoms with van der Waals surface area (Å²) < 4.78 is 1.83. The van der Waals surface area contributed by atoms with E-state index in [-0.39, 0.29) is 6.10 Å². The number of aliphatic hydroxyl groups is 1. The van der Waals surface area contributed by atoms with Crippen LogP contribution < -0.4 is 5.32 Å². The second kappa shape index (κ2) is 7.03. The fraction of sp³-hybridized carbons (Fsp3) is 0.529. The first-order valence-corrected chi connectivity index (χ1v) is 8.06. The maximum atomic E-state index is 10.2. The third-order valence-electron chi connectivity index (χ3n) is 4.47. The highest BCUT2D eigenvalue weighted by Gasteiger charge is 2.22. The van der Waals surface area contributed by atoms with Crippen LogP contribution in [-0.2, 0) is 13.6 Å². The Bertz CT molecular complexity index is 590. The first-order chi connectivity index (χ1) is 10.7. The molecule has 1 fully saturated rings. The highest BCUT2D eigenvalue weighted by atomic mass is 16.3. The minimum Gasteiger partial charge on any atom is -0.392 e. The van der Waals surface area contributed by atoms with E-state index in [9.17, 15) is 5.11 Å². The highest BCUT2D eigenvalue weighted by molar-refractivity contribution is 5.61. The molecule has 0 amide bonds. The van der Waals surface area contributed by atoms with E-state index in [2.05, 4.69) is 15.4 Å². The number of nitrogens with one attached hydrogen (secondary N) is 1. The normalized spacial score (nSPS) is 17.0. The number of aryl methyl sites for hydroxylation is 1. The smallest absolute Gasteiger partial charge is 0.0969 e. The van der Waals surface area contributed by atoms with Gasteiger partial charge in [0, 0.05) is 49.9 Å². The van der Waals surface area contributed by atoms with Crippen molar-refractivity contribution in [1.82, 2.24) is 20.1 Å². The van der Waals surface area contributed by atoms with Gasteiger partial charge in [-0.05, 0) is 30.9 Å². The van der Waals surface area contributed by atoms with Crippen molar-refractivity contribution in [3.05, 3.63) is 36.3 Å². The third kappa shape index (κ3) is 3.54. The minimum atomic E-state index is -0.233. The van der Waals surface area contributed by atoms with E-state index in [0.29, 0.717) is 12.5 Å². The number of hydrogen-bond acceptors (Lipinski definition) is 4. The van der Waals surface area contributed by atoms with Crippen LogP contribution in [0.15, 0.2) is 30.7 Å². The Balaban J connectivity index is 1.61. The van der Waals surface area contributed by atoms with Crippen molar-refractivity contribution in [1.29, 1.82) is 0 Å². The molecule has 2 aromatic heterocycles. The average Bonchev–Trinajstić information content (AvgIpc) is 3.18. The third-order valence-corrected chi connectivity index (χ3v) is 4.47. The van der Waals surface area contributed by atoms with Crippen molar-refractivity contribution in [2.45, 2.75) is 38.3 Å². The van der Waals surface area contributed by atoms with Crippen molar-refractivity contribution < 1.29 is 5.11 Å². The molecule has 1 aliphatic rings. The number of hydrogen-bond donors (Lipinski definition) is 2. The van der Waals surface area contributed by atoms with Gasteiger partial charge in [0.15, 0.2) is 0 Å². The molecule has 0 radical (unpaired) electrons. The predicted octanol–water partition coefficient (Wildman–Crippen LogP) is 2.12. The zero-order valence-corrected chi connectivity index (χ0v) is 13.1. The molecule has 1 unspecified atom stereocenters. The van der Waals surface area contributed by atoms with Crippen molar-refractivity contribution in [3.63, 3.8) is 0 Å². The molecule has 1 atom stereocenters. The summed E-state index contributed by atoms with van der Waals surface area (Å²) in [5.41, 5.74) is 3.20. The topological polar surface area (TPSA) is 63.0 Å². The molecule has 3 rings (SSSR count). The Labute approximate surface area is 131 Å². The van der Waals surface area contributed by atoms with Gasteiger partial charge in [0.25, 0.3) is 0 Å². The Morgan fingerprint density at radius 1 is 1.32 bits per heavy atom. The maximum absolute atomic E-state index is 10.2. The van der Waals surface area contributed by atoms with E-state index in [1.54, 1.807) is 12.4 Å². The Hall–Kier alpha value is -1.72. The van der Waals surface area contributed by atoms with Gasteiger partial charge in [-0.1, -0.05) is 12.8 Å². The number of aliphatic hydroxyl groups excluding tert-OH is 1. The molecule has 118 valence electrons. The van der Waals surface area contributed by atoms with E-state index in [1.807, 2.05) is 30.1 Å².